The Kier molecular flexibility index (Phi) is 4.57. The average Bonchev–Trinajstić information content (AvgIpc) is 2.36. The second kappa shape index (κ2) is 5.92. The molecule has 2 atom stereocenters. The second-order valence-corrected chi connectivity index (χ2v) is 6.61. The number of hydrogen-bond acceptors (Lipinski definition) is 5. The fraction of sp³-hybridized carbons (Fsp3) is 0.385. The summed E-state index contributed by atoms with van der Waals surface area (Å²) in [6.45, 7) is 3.36. The van der Waals surface area contributed by atoms with Crippen molar-refractivity contribution in [1.29, 1.82) is 0 Å². The Morgan fingerprint density at radius 1 is 1.33 bits per heavy atom. The van der Waals surface area contributed by atoms with Gasteiger partial charge in [-0.2, -0.15) is 0 Å². The van der Waals surface area contributed by atoms with Crippen LogP contribution >= 0.6 is 31.9 Å². The predicted molar refractivity (Wildman–Crippen MR) is 78.1 cm³/mol. The summed E-state index contributed by atoms with van der Waals surface area (Å²) < 4.78 is 29.2. The van der Waals surface area contributed by atoms with Crippen molar-refractivity contribution < 1.29 is 28.2 Å². The third kappa shape index (κ3) is 3.21. The topological polar surface area (TPSA) is 61.8 Å². The van der Waals surface area contributed by atoms with Gasteiger partial charge in [0.2, 0.25) is 5.79 Å². The van der Waals surface area contributed by atoms with Crippen molar-refractivity contribution in [3.8, 4) is 5.75 Å². The summed E-state index contributed by atoms with van der Waals surface area (Å²) in [6, 6.07) is 2.58. The zero-order valence-corrected chi connectivity index (χ0v) is 14.2. The fourth-order valence-electron chi connectivity index (χ4n) is 1.90. The molecule has 1 heterocycles. The summed E-state index contributed by atoms with van der Waals surface area (Å²) >= 11 is 6.49. The van der Waals surface area contributed by atoms with Gasteiger partial charge in [-0.1, -0.05) is 22.0 Å². The monoisotopic (exact) mass is 424 g/mol. The Labute approximate surface area is 137 Å². The Hall–Kier alpha value is -1.15. The van der Waals surface area contributed by atoms with Crippen LogP contribution in [0.15, 0.2) is 12.1 Å². The van der Waals surface area contributed by atoms with E-state index in [0.717, 1.165) is 6.07 Å². The maximum atomic E-state index is 13.9. The molecule has 1 aliphatic heterocycles. The van der Waals surface area contributed by atoms with Gasteiger partial charge in [0.15, 0.2) is 5.01 Å². The number of benzene rings is 1. The number of cyclic esters (lactones) is 1. The zero-order valence-electron chi connectivity index (χ0n) is 11.1. The summed E-state index contributed by atoms with van der Waals surface area (Å²) in [7, 11) is 0. The van der Waals surface area contributed by atoms with Crippen molar-refractivity contribution in [2.75, 3.05) is 0 Å². The first-order valence-corrected chi connectivity index (χ1v) is 7.72. The molecular weight excluding hydrogens is 415 g/mol. The van der Waals surface area contributed by atoms with Gasteiger partial charge in [-0.3, -0.25) is 4.79 Å². The minimum atomic E-state index is -1.22. The Balaban J connectivity index is 2.52. The lowest BCUT2D eigenvalue weighted by Gasteiger charge is -2.34. The molecule has 2 rings (SSSR count). The summed E-state index contributed by atoms with van der Waals surface area (Å²) in [5.41, 5.74) is 0.182. The van der Waals surface area contributed by atoms with E-state index in [1.165, 1.54) is 6.07 Å². The Morgan fingerprint density at radius 2 is 2.00 bits per heavy atom. The van der Waals surface area contributed by atoms with Gasteiger partial charge in [-0.05, 0) is 22.0 Å². The predicted octanol–water partition coefficient (Wildman–Crippen LogP) is 3.44. The van der Waals surface area contributed by atoms with E-state index in [0.29, 0.717) is 5.56 Å². The number of carbonyl (C=O) groups excluding carboxylic acids is 2. The van der Waals surface area contributed by atoms with Gasteiger partial charge in [-0.15, -0.1) is 0 Å². The molecule has 0 radical (unpaired) electrons. The molecule has 0 saturated heterocycles. The molecule has 1 aromatic carbocycles. The maximum absolute atomic E-state index is 13.9. The number of rotatable bonds is 4. The highest BCUT2D eigenvalue weighted by atomic mass is 79.9. The molecule has 8 heteroatoms. The smallest absolute Gasteiger partial charge is 0.348 e. The summed E-state index contributed by atoms with van der Waals surface area (Å²) in [6.07, 6.45) is 0. The Bertz CT molecular complexity index is 590. The lowest BCUT2D eigenvalue weighted by Crippen LogP contribution is -2.40. The minimum Gasteiger partial charge on any atom is -0.451 e. The van der Waals surface area contributed by atoms with Gasteiger partial charge in [0.25, 0.3) is 6.47 Å². The first-order chi connectivity index (χ1) is 9.76. The van der Waals surface area contributed by atoms with Crippen molar-refractivity contribution in [3.05, 3.63) is 29.1 Å². The first kappa shape index (κ1) is 16.2. The van der Waals surface area contributed by atoms with Crippen molar-refractivity contribution in [2.24, 2.45) is 0 Å². The van der Waals surface area contributed by atoms with Gasteiger partial charge >= 0.3 is 5.97 Å². The van der Waals surface area contributed by atoms with Crippen LogP contribution in [0.25, 0.3) is 0 Å². The molecule has 0 fully saturated rings. The van der Waals surface area contributed by atoms with E-state index in [1.54, 1.807) is 13.8 Å². The molecule has 0 aliphatic carbocycles. The van der Waals surface area contributed by atoms with Crippen molar-refractivity contribution >= 4 is 44.3 Å². The first-order valence-electron chi connectivity index (χ1n) is 5.89. The number of halogens is 3. The fourth-order valence-corrected chi connectivity index (χ4v) is 2.75. The van der Waals surface area contributed by atoms with E-state index in [9.17, 15) is 14.0 Å². The van der Waals surface area contributed by atoms with E-state index < -0.39 is 27.4 Å². The van der Waals surface area contributed by atoms with Crippen LogP contribution in [0.2, 0.25) is 0 Å². The molecule has 1 aliphatic rings. The molecule has 0 aromatic heterocycles. The summed E-state index contributed by atoms with van der Waals surface area (Å²) in [4.78, 5) is 21.8. The molecule has 0 amide bonds. The van der Waals surface area contributed by atoms with E-state index in [1.807, 2.05) is 0 Å². The molecule has 21 heavy (non-hydrogen) atoms. The molecule has 1 aromatic rings. The average molecular weight is 426 g/mol. The number of hydrogen-bond donors (Lipinski definition) is 0. The van der Waals surface area contributed by atoms with Crippen molar-refractivity contribution in [3.63, 3.8) is 0 Å². The molecule has 0 bridgehead atoms. The molecule has 0 spiro atoms. The van der Waals surface area contributed by atoms with Crippen LogP contribution in [0.1, 0.15) is 34.6 Å². The van der Waals surface area contributed by atoms with Crippen molar-refractivity contribution in [1.82, 2.24) is 0 Å². The molecule has 0 saturated carbocycles. The van der Waals surface area contributed by atoms with Crippen LogP contribution in [-0.4, -0.2) is 23.2 Å². The minimum absolute atomic E-state index is 0.0667. The van der Waals surface area contributed by atoms with Crippen LogP contribution in [0, 0.1) is 5.82 Å². The van der Waals surface area contributed by atoms with Crippen LogP contribution in [0.3, 0.4) is 0 Å². The number of alkyl halides is 2. The summed E-state index contributed by atoms with van der Waals surface area (Å²) in [5, 5.41) is -0.714. The lowest BCUT2D eigenvalue weighted by molar-refractivity contribution is -0.131. The number of carbonyl (C=O) groups is 2. The molecule has 0 N–H and O–H groups in total. The Morgan fingerprint density at radius 3 is 2.62 bits per heavy atom. The highest BCUT2D eigenvalue weighted by Crippen LogP contribution is 2.43. The van der Waals surface area contributed by atoms with E-state index in [4.69, 9.17) is 14.2 Å². The molecule has 114 valence electrons. The summed E-state index contributed by atoms with van der Waals surface area (Å²) in [5.74, 6) is -2.69. The van der Waals surface area contributed by atoms with Crippen LogP contribution < -0.4 is 4.74 Å². The maximum Gasteiger partial charge on any atom is 0.348 e. The number of ether oxygens (including phenoxy) is 3. The van der Waals surface area contributed by atoms with Gasteiger partial charge in [0.05, 0.1) is 4.83 Å². The SMILES string of the molecule is CC1(C)OC(=O)c2c(F)ccc(C(Br)C(Br)OC=O)c2O1. The lowest BCUT2D eigenvalue weighted by atomic mass is 10.0. The van der Waals surface area contributed by atoms with E-state index >= 15 is 0 Å². The highest BCUT2D eigenvalue weighted by molar-refractivity contribution is 9.12. The number of esters is 1. The normalized spacial score (nSPS) is 18.8. The van der Waals surface area contributed by atoms with Gasteiger partial charge < -0.3 is 14.2 Å². The van der Waals surface area contributed by atoms with Crippen molar-refractivity contribution in [2.45, 2.75) is 29.5 Å². The van der Waals surface area contributed by atoms with Gasteiger partial charge in [-0.25, -0.2) is 9.18 Å². The van der Waals surface area contributed by atoms with Crippen LogP contribution in [0.4, 0.5) is 4.39 Å². The van der Waals surface area contributed by atoms with E-state index in [-0.39, 0.29) is 17.8 Å². The second-order valence-electron chi connectivity index (χ2n) is 4.72. The molecule has 2 unspecified atom stereocenters. The van der Waals surface area contributed by atoms with Crippen LogP contribution in [-0.2, 0) is 14.3 Å². The molecule has 5 nitrogen and oxygen atoms in total. The highest BCUT2D eigenvalue weighted by Gasteiger charge is 2.39. The van der Waals surface area contributed by atoms with E-state index in [2.05, 4.69) is 31.9 Å². The van der Waals surface area contributed by atoms with Gasteiger partial charge in [0.1, 0.15) is 17.1 Å². The largest absolute Gasteiger partial charge is 0.451 e. The number of fused-ring (bicyclic) bond motifs is 1. The quantitative estimate of drug-likeness (QED) is 0.420. The third-order valence-electron chi connectivity index (χ3n) is 2.74. The zero-order chi connectivity index (χ0) is 15.8. The van der Waals surface area contributed by atoms with Gasteiger partial charge in [0, 0.05) is 19.4 Å². The third-order valence-corrected chi connectivity index (χ3v) is 5.17. The standard InChI is InChI=1S/C13H11Br2FO5/c1-13(2)20-10-6(9(14)11(15)19-5-17)3-4-7(16)8(10)12(18)21-13/h3-5,9,11H,1-2H3. The molecular formula is C13H11Br2FO5. The van der Waals surface area contributed by atoms with Crippen LogP contribution in [0.5, 0.6) is 5.75 Å².